The monoisotopic (exact) mass is 304 g/mol. The number of nitrogens with zero attached hydrogens (tertiary/aromatic N) is 3. The van der Waals surface area contributed by atoms with E-state index in [9.17, 15) is 0 Å². The van der Waals surface area contributed by atoms with Crippen molar-refractivity contribution in [3.05, 3.63) is 10.8 Å². The number of thioether (sulfide) groups is 1. The van der Waals surface area contributed by atoms with E-state index in [1.807, 2.05) is 0 Å². The van der Waals surface area contributed by atoms with Gasteiger partial charge in [-0.15, -0.1) is 11.8 Å². The second-order valence-corrected chi connectivity index (χ2v) is 5.13. The van der Waals surface area contributed by atoms with Gasteiger partial charge in [-0.3, -0.25) is 0 Å². The van der Waals surface area contributed by atoms with Crippen molar-refractivity contribution >= 4 is 33.5 Å². The van der Waals surface area contributed by atoms with Gasteiger partial charge < -0.3 is 10.6 Å². The quantitative estimate of drug-likeness (QED) is 0.645. The molecule has 0 fully saturated rings. The largest absolute Gasteiger partial charge is 0.383 e. The zero-order valence-electron chi connectivity index (χ0n) is 9.61. The van der Waals surface area contributed by atoms with Gasteiger partial charge in [0.25, 0.3) is 0 Å². The predicted octanol–water partition coefficient (Wildman–Crippen LogP) is 2.26. The van der Waals surface area contributed by atoms with Crippen molar-refractivity contribution < 1.29 is 0 Å². The van der Waals surface area contributed by atoms with Crippen LogP contribution in [0.1, 0.15) is 13.8 Å². The summed E-state index contributed by atoms with van der Waals surface area (Å²) in [6.45, 7) is 7.59. The number of nitrogens with two attached hydrogens (primary N) is 1. The first kappa shape index (κ1) is 13.7. The molecular formula is C10H17BrN4S. The molecule has 0 saturated carbocycles. The molecule has 0 spiro atoms. The zero-order chi connectivity index (χ0) is 12.0. The minimum absolute atomic E-state index is 0.500. The Morgan fingerprint density at radius 2 is 2.06 bits per heavy atom. The number of rotatable bonds is 6. The normalized spacial score (nSPS) is 11.0. The maximum absolute atomic E-state index is 5.68. The van der Waals surface area contributed by atoms with E-state index < -0.39 is 0 Å². The summed E-state index contributed by atoms with van der Waals surface area (Å²) in [6, 6.07) is 0. The first-order chi connectivity index (χ1) is 7.69. The summed E-state index contributed by atoms with van der Waals surface area (Å²) in [5.74, 6) is 1.51. The Labute approximate surface area is 109 Å². The summed E-state index contributed by atoms with van der Waals surface area (Å²) in [7, 11) is 0. The molecule has 0 aliphatic rings. The Morgan fingerprint density at radius 1 is 1.38 bits per heavy atom. The fourth-order valence-electron chi connectivity index (χ4n) is 1.28. The van der Waals surface area contributed by atoms with Crippen molar-refractivity contribution in [2.75, 3.05) is 31.1 Å². The van der Waals surface area contributed by atoms with Gasteiger partial charge in [0.1, 0.15) is 17.2 Å². The third-order valence-electron chi connectivity index (χ3n) is 2.33. The predicted molar refractivity (Wildman–Crippen MR) is 72.7 cm³/mol. The molecule has 2 N–H and O–H groups in total. The summed E-state index contributed by atoms with van der Waals surface area (Å²) in [6.07, 6.45) is 1.50. The molecule has 1 heterocycles. The number of hydrogen-bond donors (Lipinski definition) is 1. The molecule has 90 valence electrons. The van der Waals surface area contributed by atoms with Gasteiger partial charge in [0.2, 0.25) is 0 Å². The third-order valence-corrected chi connectivity index (χ3v) is 4.34. The molecule has 4 nitrogen and oxygen atoms in total. The van der Waals surface area contributed by atoms with E-state index >= 15 is 0 Å². The van der Waals surface area contributed by atoms with Crippen molar-refractivity contribution in [1.82, 2.24) is 14.9 Å². The van der Waals surface area contributed by atoms with Crippen LogP contribution in [-0.2, 0) is 0 Å². The average molecular weight is 305 g/mol. The number of nitrogen functional groups attached to an aromatic ring is 1. The summed E-state index contributed by atoms with van der Waals surface area (Å²) in [5, 5.41) is 0.916. The van der Waals surface area contributed by atoms with E-state index in [1.54, 1.807) is 11.8 Å². The van der Waals surface area contributed by atoms with Gasteiger partial charge >= 0.3 is 0 Å². The van der Waals surface area contributed by atoms with Crippen LogP contribution in [0.2, 0.25) is 0 Å². The molecule has 16 heavy (non-hydrogen) atoms. The summed E-state index contributed by atoms with van der Waals surface area (Å²) in [4.78, 5) is 10.5. The molecule has 0 aliphatic carbocycles. The highest BCUT2D eigenvalue weighted by Gasteiger charge is 2.07. The SMILES string of the molecule is CCN(CC)CCSc1ncnc(N)c1Br. The smallest absolute Gasteiger partial charge is 0.142 e. The van der Waals surface area contributed by atoms with E-state index in [4.69, 9.17) is 5.73 Å². The van der Waals surface area contributed by atoms with Crippen LogP contribution in [-0.4, -0.2) is 40.3 Å². The molecule has 0 saturated heterocycles. The minimum atomic E-state index is 0.500. The van der Waals surface area contributed by atoms with Crippen LogP contribution in [0.15, 0.2) is 15.8 Å². The van der Waals surface area contributed by atoms with Crippen molar-refractivity contribution in [3.63, 3.8) is 0 Å². The number of anilines is 1. The van der Waals surface area contributed by atoms with E-state index in [0.717, 1.165) is 34.9 Å². The topological polar surface area (TPSA) is 55.0 Å². The maximum atomic E-state index is 5.68. The van der Waals surface area contributed by atoms with E-state index in [2.05, 4.69) is 44.6 Å². The summed E-state index contributed by atoms with van der Waals surface area (Å²) >= 11 is 5.10. The first-order valence-electron chi connectivity index (χ1n) is 5.30. The lowest BCUT2D eigenvalue weighted by Gasteiger charge is -2.17. The number of hydrogen-bond acceptors (Lipinski definition) is 5. The maximum Gasteiger partial charge on any atom is 0.142 e. The fourth-order valence-corrected chi connectivity index (χ4v) is 2.72. The molecule has 0 atom stereocenters. The lowest BCUT2D eigenvalue weighted by molar-refractivity contribution is 0.324. The van der Waals surface area contributed by atoms with Gasteiger partial charge in [-0.25, -0.2) is 9.97 Å². The lowest BCUT2D eigenvalue weighted by atomic mass is 10.5. The Bertz CT molecular complexity index is 331. The highest BCUT2D eigenvalue weighted by molar-refractivity contribution is 9.10. The zero-order valence-corrected chi connectivity index (χ0v) is 12.0. The second-order valence-electron chi connectivity index (χ2n) is 3.25. The van der Waals surface area contributed by atoms with Crippen LogP contribution in [0.5, 0.6) is 0 Å². The molecule has 0 amide bonds. The van der Waals surface area contributed by atoms with Crippen LogP contribution in [0.4, 0.5) is 5.82 Å². The van der Waals surface area contributed by atoms with Gasteiger partial charge in [-0.1, -0.05) is 13.8 Å². The third kappa shape index (κ3) is 3.92. The van der Waals surface area contributed by atoms with Crippen molar-refractivity contribution in [2.24, 2.45) is 0 Å². The van der Waals surface area contributed by atoms with E-state index in [1.165, 1.54) is 6.33 Å². The van der Waals surface area contributed by atoms with Gasteiger partial charge in [-0.05, 0) is 29.0 Å². The fraction of sp³-hybridized carbons (Fsp3) is 0.600. The van der Waals surface area contributed by atoms with Crippen molar-refractivity contribution in [2.45, 2.75) is 18.9 Å². The van der Waals surface area contributed by atoms with Crippen molar-refractivity contribution in [1.29, 1.82) is 0 Å². The Balaban J connectivity index is 2.46. The highest BCUT2D eigenvalue weighted by atomic mass is 79.9. The van der Waals surface area contributed by atoms with Gasteiger partial charge in [-0.2, -0.15) is 0 Å². The summed E-state index contributed by atoms with van der Waals surface area (Å²) < 4.78 is 0.805. The molecule has 6 heteroatoms. The average Bonchev–Trinajstić information content (AvgIpc) is 2.30. The molecule has 1 rings (SSSR count). The van der Waals surface area contributed by atoms with Gasteiger partial charge in [0.05, 0.1) is 4.47 Å². The van der Waals surface area contributed by atoms with E-state index in [-0.39, 0.29) is 0 Å². The van der Waals surface area contributed by atoms with Crippen LogP contribution in [0, 0.1) is 0 Å². The minimum Gasteiger partial charge on any atom is -0.383 e. The molecule has 0 aliphatic heterocycles. The van der Waals surface area contributed by atoms with Gasteiger partial charge in [0, 0.05) is 12.3 Å². The molecular weight excluding hydrogens is 288 g/mol. The Morgan fingerprint density at radius 3 is 2.69 bits per heavy atom. The van der Waals surface area contributed by atoms with Gasteiger partial charge in [0.15, 0.2) is 0 Å². The molecule has 0 unspecified atom stereocenters. The van der Waals surface area contributed by atoms with E-state index in [0.29, 0.717) is 5.82 Å². The Kier molecular flexibility index (Phi) is 6.08. The molecule has 1 aromatic heterocycles. The van der Waals surface area contributed by atoms with Crippen LogP contribution in [0.3, 0.4) is 0 Å². The van der Waals surface area contributed by atoms with Crippen molar-refractivity contribution in [3.8, 4) is 0 Å². The molecule has 1 aromatic rings. The number of aromatic nitrogens is 2. The molecule has 0 aromatic carbocycles. The standard InChI is InChI=1S/C10H17BrN4S/c1-3-15(4-2)5-6-16-10-8(11)9(12)13-7-14-10/h7H,3-6H2,1-2H3,(H2,12,13,14). The molecule has 0 bridgehead atoms. The summed E-state index contributed by atoms with van der Waals surface area (Å²) in [5.41, 5.74) is 5.68. The lowest BCUT2D eigenvalue weighted by Crippen LogP contribution is -2.25. The van der Waals surface area contributed by atoms with Crippen LogP contribution in [0.25, 0.3) is 0 Å². The number of halogens is 1. The molecule has 0 radical (unpaired) electrons. The van der Waals surface area contributed by atoms with Crippen LogP contribution < -0.4 is 5.73 Å². The first-order valence-corrected chi connectivity index (χ1v) is 7.08. The Hall–Kier alpha value is -0.330. The highest BCUT2D eigenvalue weighted by Crippen LogP contribution is 2.28. The second kappa shape index (κ2) is 7.09. The van der Waals surface area contributed by atoms with Crippen LogP contribution >= 0.6 is 27.7 Å².